The molecule has 0 aromatic heterocycles. The second-order valence-electron chi connectivity index (χ2n) is 4.24. The first kappa shape index (κ1) is 13.2. The summed E-state index contributed by atoms with van der Waals surface area (Å²) in [6.07, 6.45) is 2.61. The summed E-state index contributed by atoms with van der Waals surface area (Å²) in [7, 11) is 0. The summed E-state index contributed by atoms with van der Waals surface area (Å²) >= 11 is 0. The van der Waals surface area contributed by atoms with Crippen LogP contribution in [0.3, 0.4) is 0 Å². The van der Waals surface area contributed by atoms with Crippen LogP contribution in [0.4, 0.5) is 0 Å². The van der Waals surface area contributed by atoms with E-state index in [1.54, 1.807) is 0 Å². The molecule has 1 rings (SSSR count). The van der Waals surface area contributed by atoms with Gasteiger partial charge in [0.05, 0.1) is 19.1 Å². The maximum Gasteiger partial charge on any atom is 0.227 e. The number of ether oxygens (including phenoxy) is 1. The first-order chi connectivity index (χ1) is 7.69. The second-order valence-corrected chi connectivity index (χ2v) is 4.24. The fourth-order valence-electron chi connectivity index (χ4n) is 1.93. The Morgan fingerprint density at radius 1 is 1.62 bits per heavy atom. The van der Waals surface area contributed by atoms with E-state index in [1.807, 2.05) is 19.9 Å². The van der Waals surface area contributed by atoms with Crippen molar-refractivity contribution in [3.05, 3.63) is 12.7 Å². The molecule has 1 aliphatic rings. The Balaban J connectivity index is 2.42. The average molecular weight is 226 g/mol. The number of amides is 1. The largest absolute Gasteiger partial charge is 0.379 e. The molecule has 0 aliphatic carbocycles. The van der Waals surface area contributed by atoms with E-state index >= 15 is 0 Å². The predicted octanol–water partition coefficient (Wildman–Crippen LogP) is 0.692. The van der Waals surface area contributed by atoms with Crippen molar-refractivity contribution >= 4 is 5.91 Å². The van der Waals surface area contributed by atoms with Crippen molar-refractivity contribution in [1.29, 1.82) is 0 Å². The Hall–Kier alpha value is -0.870. The number of carbonyl (C=O) groups is 1. The highest BCUT2D eigenvalue weighted by molar-refractivity contribution is 5.80. The van der Waals surface area contributed by atoms with E-state index < -0.39 is 0 Å². The molecule has 1 fully saturated rings. The minimum absolute atomic E-state index is 0.0628. The molecule has 0 saturated carbocycles. The predicted molar refractivity (Wildman–Crippen MR) is 64.2 cm³/mol. The van der Waals surface area contributed by atoms with Crippen LogP contribution in [0.2, 0.25) is 0 Å². The van der Waals surface area contributed by atoms with Gasteiger partial charge in [-0.05, 0) is 19.9 Å². The zero-order valence-corrected chi connectivity index (χ0v) is 10.2. The molecule has 1 aliphatic heterocycles. The molecule has 1 heterocycles. The summed E-state index contributed by atoms with van der Waals surface area (Å²) in [6.45, 7) is 9.69. The normalized spacial score (nSPS) is 26.4. The van der Waals surface area contributed by atoms with Crippen molar-refractivity contribution in [2.45, 2.75) is 32.4 Å². The SMILES string of the molecule is C=CCC(C)NC(=O)C1COCC1NCC. The van der Waals surface area contributed by atoms with Gasteiger partial charge in [0.25, 0.3) is 0 Å². The standard InChI is InChI=1S/C12H22N2O2/c1-4-6-9(3)14-12(15)10-7-16-8-11(10)13-5-2/h4,9-11,13H,1,5-8H2,2-3H3,(H,14,15). The van der Waals surface area contributed by atoms with Gasteiger partial charge < -0.3 is 15.4 Å². The number of rotatable bonds is 6. The second kappa shape index (κ2) is 6.66. The molecule has 0 bridgehead atoms. The van der Waals surface area contributed by atoms with Crippen molar-refractivity contribution in [3.63, 3.8) is 0 Å². The summed E-state index contributed by atoms with van der Waals surface area (Å²) in [5.74, 6) is 0.0185. The third-order valence-corrected chi connectivity index (χ3v) is 2.79. The lowest BCUT2D eigenvalue weighted by Gasteiger charge is -2.20. The quantitative estimate of drug-likeness (QED) is 0.655. The van der Waals surface area contributed by atoms with Crippen LogP contribution >= 0.6 is 0 Å². The van der Waals surface area contributed by atoms with Crippen molar-refractivity contribution in [1.82, 2.24) is 10.6 Å². The Labute approximate surface area is 97.4 Å². The van der Waals surface area contributed by atoms with Gasteiger partial charge in [0.15, 0.2) is 0 Å². The van der Waals surface area contributed by atoms with E-state index in [1.165, 1.54) is 0 Å². The molecule has 1 amide bonds. The van der Waals surface area contributed by atoms with Crippen LogP contribution in [0.1, 0.15) is 20.3 Å². The molecule has 3 atom stereocenters. The molecule has 0 spiro atoms. The summed E-state index contributed by atoms with van der Waals surface area (Å²) in [4.78, 5) is 12.0. The smallest absolute Gasteiger partial charge is 0.227 e. The van der Waals surface area contributed by atoms with Gasteiger partial charge >= 0.3 is 0 Å². The maximum absolute atomic E-state index is 12.0. The van der Waals surface area contributed by atoms with E-state index in [9.17, 15) is 4.79 Å². The lowest BCUT2D eigenvalue weighted by Crippen LogP contribution is -2.46. The molecule has 16 heavy (non-hydrogen) atoms. The van der Waals surface area contributed by atoms with E-state index in [4.69, 9.17) is 4.74 Å². The molecule has 4 nitrogen and oxygen atoms in total. The fourth-order valence-corrected chi connectivity index (χ4v) is 1.93. The van der Waals surface area contributed by atoms with Crippen molar-refractivity contribution < 1.29 is 9.53 Å². The van der Waals surface area contributed by atoms with Crippen LogP contribution in [-0.2, 0) is 9.53 Å². The van der Waals surface area contributed by atoms with Crippen LogP contribution in [0.15, 0.2) is 12.7 Å². The van der Waals surface area contributed by atoms with E-state index in [2.05, 4.69) is 17.2 Å². The topological polar surface area (TPSA) is 50.4 Å². The minimum Gasteiger partial charge on any atom is -0.379 e. The summed E-state index contributed by atoms with van der Waals surface area (Å²) < 4.78 is 5.34. The third kappa shape index (κ3) is 3.61. The van der Waals surface area contributed by atoms with Crippen LogP contribution < -0.4 is 10.6 Å². The Morgan fingerprint density at radius 2 is 2.38 bits per heavy atom. The molecule has 0 aromatic carbocycles. The van der Waals surface area contributed by atoms with Crippen molar-refractivity contribution in [3.8, 4) is 0 Å². The van der Waals surface area contributed by atoms with Crippen molar-refractivity contribution in [2.24, 2.45) is 5.92 Å². The molecule has 0 aromatic rings. The Morgan fingerprint density at radius 3 is 3.00 bits per heavy atom. The van der Waals surface area contributed by atoms with Crippen molar-refractivity contribution in [2.75, 3.05) is 19.8 Å². The Bertz CT molecular complexity index is 243. The number of hydrogen-bond acceptors (Lipinski definition) is 3. The van der Waals surface area contributed by atoms with E-state index in [0.717, 1.165) is 13.0 Å². The Kier molecular flexibility index (Phi) is 5.49. The highest BCUT2D eigenvalue weighted by Gasteiger charge is 2.33. The summed E-state index contributed by atoms with van der Waals surface area (Å²) in [5, 5.41) is 6.26. The van der Waals surface area contributed by atoms with Crippen LogP contribution in [0.25, 0.3) is 0 Å². The highest BCUT2D eigenvalue weighted by atomic mass is 16.5. The lowest BCUT2D eigenvalue weighted by atomic mass is 10.0. The van der Waals surface area contributed by atoms with Gasteiger partial charge in [-0.2, -0.15) is 0 Å². The molecule has 92 valence electrons. The maximum atomic E-state index is 12.0. The molecular weight excluding hydrogens is 204 g/mol. The van der Waals surface area contributed by atoms with Gasteiger partial charge in [-0.3, -0.25) is 4.79 Å². The molecule has 2 N–H and O–H groups in total. The van der Waals surface area contributed by atoms with Crippen LogP contribution in [-0.4, -0.2) is 37.7 Å². The summed E-state index contributed by atoms with van der Waals surface area (Å²) in [5.41, 5.74) is 0. The third-order valence-electron chi connectivity index (χ3n) is 2.79. The van der Waals surface area contributed by atoms with E-state index in [-0.39, 0.29) is 23.9 Å². The first-order valence-electron chi connectivity index (χ1n) is 5.91. The zero-order chi connectivity index (χ0) is 12.0. The zero-order valence-electron chi connectivity index (χ0n) is 10.2. The monoisotopic (exact) mass is 226 g/mol. The number of hydrogen-bond donors (Lipinski definition) is 2. The molecule has 0 radical (unpaired) electrons. The molecule has 3 unspecified atom stereocenters. The van der Waals surface area contributed by atoms with E-state index in [0.29, 0.717) is 13.2 Å². The minimum atomic E-state index is -0.0628. The lowest BCUT2D eigenvalue weighted by molar-refractivity contribution is -0.126. The van der Waals surface area contributed by atoms with Gasteiger partial charge in [0, 0.05) is 12.1 Å². The number of carbonyl (C=O) groups excluding carboxylic acids is 1. The fraction of sp³-hybridized carbons (Fsp3) is 0.750. The van der Waals surface area contributed by atoms with Gasteiger partial charge in [-0.25, -0.2) is 0 Å². The highest BCUT2D eigenvalue weighted by Crippen LogP contribution is 2.14. The molecular formula is C12H22N2O2. The summed E-state index contributed by atoms with van der Waals surface area (Å²) in [6, 6.07) is 0.300. The van der Waals surface area contributed by atoms with Gasteiger partial charge in [0.1, 0.15) is 0 Å². The van der Waals surface area contributed by atoms with Gasteiger partial charge in [-0.1, -0.05) is 13.0 Å². The molecule has 1 saturated heterocycles. The van der Waals surface area contributed by atoms with Gasteiger partial charge in [0.2, 0.25) is 5.91 Å². The van der Waals surface area contributed by atoms with Gasteiger partial charge in [-0.15, -0.1) is 6.58 Å². The number of likely N-dealkylation sites (N-methyl/N-ethyl adjacent to an activating group) is 1. The van der Waals surface area contributed by atoms with Crippen LogP contribution in [0, 0.1) is 5.92 Å². The molecule has 4 heteroatoms. The number of nitrogens with one attached hydrogen (secondary N) is 2. The average Bonchev–Trinajstić information content (AvgIpc) is 2.66. The first-order valence-corrected chi connectivity index (χ1v) is 5.91. The van der Waals surface area contributed by atoms with Crippen LogP contribution in [0.5, 0.6) is 0 Å².